The first-order valence-electron chi connectivity index (χ1n) is 14.3. The lowest BCUT2D eigenvalue weighted by molar-refractivity contribution is -0.137. The Bertz CT molecular complexity index is 1640. The van der Waals surface area contributed by atoms with E-state index in [4.69, 9.17) is 14.2 Å². The third-order valence-corrected chi connectivity index (χ3v) is 9.80. The van der Waals surface area contributed by atoms with Gasteiger partial charge in [-0.15, -0.1) is 0 Å². The normalized spacial score (nSPS) is 27.0. The minimum absolute atomic E-state index is 0.247. The smallest absolute Gasteiger partial charge is 0.251 e. The van der Waals surface area contributed by atoms with Gasteiger partial charge >= 0.3 is 0 Å². The second-order valence-corrected chi connectivity index (χ2v) is 11.4. The predicted molar refractivity (Wildman–Crippen MR) is 157 cm³/mol. The number of anilines is 2. The molecule has 2 fully saturated rings. The quantitative estimate of drug-likeness (QED) is 0.428. The van der Waals surface area contributed by atoms with E-state index in [2.05, 4.69) is 22.5 Å². The van der Waals surface area contributed by atoms with E-state index in [1.807, 2.05) is 42.5 Å². The van der Waals surface area contributed by atoms with Gasteiger partial charge in [-0.1, -0.05) is 37.3 Å². The van der Waals surface area contributed by atoms with Gasteiger partial charge in [0, 0.05) is 28.5 Å². The van der Waals surface area contributed by atoms with Gasteiger partial charge in [-0.05, 0) is 61.2 Å². The number of hydrogen-bond acceptors (Lipinski definition) is 7. The number of rotatable bonds is 6. The van der Waals surface area contributed by atoms with Crippen molar-refractivity contribution in [2.45, 2.75) is 43.2 Å². The number of aryl methyl sites for hydroxylation is 1. The highest BCUT2D eigenvalue weighted by molar-refractivity contribution is 6.21. The van der Waals surface area contributed by atoms with Crippen LogP contribution in [0.15, 0.2) is 54.6 Å². The number of ether oxygens (including phenoxy) is 3. The number of methoxy groups -OCH3 is 3. The predicted octanol–water partition coefficient (Wildman–Crippen LogP) is 4.29. The molecule has 2 N–H and O–H groups in total. The van der Waals surface area contributed by atoms with Gasteiger partial charge in [-0.3, -0.25) is 19.3 Å². The topological polar surface area (TPSA) is 106 Å². The first-order chi connectivity index (χ1) is 20.4. The molecule has 42 heavy (non-hydrogen) atoms. The molecule has 0 radical (unpaired) electrons. The Labute approximate surface area is 244 Å². The van der Waals surface area contributed by atoms with Crippen molar-refractivity contribution in [2.75, 3.05) is 38.5 Å². The number of carbonyl (C=O) groups is 3. The summed E-state index contributed by atoms with van der Waals surface area (Å²) >= 11 is 0. The first-order valence-corrected chi connectivity index (χ1v) is 14.3. The SMILES string of the molecule is CCc1ccc2c(c1)[C@]1(C(=O)N2)N2CCC[C@@H]2[C@H](C(=O)c2cc(OC)c(OC)c(OC)c2)[C@]12C(=O)Nc1ccccc12. The van der Waals surface area contributed by atoms with Gasteiger partial charge < -0.3 is 24.8 Å². The fourth-order valence-electron chi connectivity index (χ4n) is 8.25. The van der Waals surface area contributed by atoms with E-state index in [1.165, 1.54) is 21.3 Å². The van der Waals surface area contributed by atoms with Gasteiger partial charge in [0.15, 0.2) is 17.3 Å². The van der Waals surface area contributed by atoms with Crippen LogP contribution < -0.4 is 24.8 Å². The number of benzene rings is 3. The third kappa shape index (κ3) is 3.04. The minimum Gasteiger partial charge on any atom is -0.493 e. The number of fused-ring (bicyclic) bond motifs is 7. The van der Waals surface area contributed by atoms with Crippen LogP contribution >= 0.6 is 0 Å². The van der Waals surface area contributed by atoms with Crippen LogP contribution in [0.5, 0.6) is 17.2 Å². The molecular formula is C33H33N3O6. The van der Waals surface area contributed by atoms with Crippen LogP contribution in [0.1, 0.15) is 46.8 Å². The molecule has 2 spiro atoms. The Morgan fingerprint density at radius 3 is 2.29 bits per heavy atom. The van der Waals surface area contributed by atoms with E-state index < -0.39 is 16.9 Å². The molecule has 4 heterocycles. The van der Waals surface area contributed by atoms with Gasteiger partial charge in [0.1, 0.15) is 11.0 Å². The van der Waals surface area contributed by atoms with Gasteiger partial charge in [0.2, 0.25) is 11.7 Å². The van der Waals surface area contributed by atoms with Crippen LogP contribution in [0.4, 0.5) is 11.4 Å². The molecule has 2 amide bonds. The standard InChI is InChI=1S/C33H33N3O6/c1-5-18-12-13-23-21(15-18)33(31(39)35-23)32(20-9-6-7-10-22(20)34-30(32)38)27(24-11-8-14-36(24)33)28(37)19-16-25(40-2)29(42-4)26(17-19)41-3/h6-7,9-10,12-13,15-17,24,27H,5,8,11,14H2,1-4H3,(H,34,38)(H,35,39)/t24-,27-,32-,33-/m1/s1. The van der Waals surface area contributed by atoms with Gasteiger partial charge in [-0.25, -0.2) is 0 Å². The molecule has 0 aliphatic carbocycles. The second-order valence-electron chi connectivity index (χ2n) is 11.4. The lowest BCUT2D eigenvalue weighted by Crippen LogP contribution is -2.62. The Balaban J connectivity index is 1.55. The highest BCUT2D eigenvalue weighted by atomic mass is 16.5. The number of carbonyl (C=O) groups excluding carboxylic acids is 3. The summed E-state index contributed by atoms with van der Waals surface area (Å²) in [4.78, 5) is 46.5. The maximum atomic E-state index is 15.0. The zero-order valence-electron chi connectivity index (χ0n) is 24.1. The number of nitrogens with zero attached hydrogens (tertiary/aromatic N) is 1. The van der Waals surface area contributed by atoms with Crippen molar-refractivity contribution in [3.8, 4) is 17.2 Å². The van der Waals surface area contributed by atoms with Crippen molar-refractivity contribution in [1.82, 2.24) is 4.90 Å². The molecule has 9 nitrogen and oxygen atoms in total. The third-order valence-electron chi connectivity index (χ3n) is 9.80. The van der Waals surface area contributed by atoms with Crippen LogP contribution in [0.3, 0.4) is 0 Å². The summed E-state index contributed by atoms with van der Waals surface area (Å²) in [5.41, 5.74) is 1.18. The average Bonchev–Trinajstić information content (AvgIpc) is 3.74. The Kier molecular flexibility index (Phi) is 5.89. The summed E-state index contributed by atoms with van der Waals surface area (Å²) in [5, 5.41) is 6.20. The average molecular weight is 568 g/mol. The highest BCUT2D eigenvalue weighted by Crippen LogP contribution is 2.68. The number of ketones is 1. The summed E-state index contributed by atoms with van der Waals surface area (Å²) < 4.78 is 16.7. The number of hydrogen-bond donors (Lipinski definition) is 2. The van der Waals surface area contributed by atoms with E-state index in [0.29, 0.717) is 52.7 Å². The Morgan fingerprint density at radius 1 is 0.905 bits per heavy atom. The molecule has 4 aliphatic rings. The summed E-state index contributed by atoms with van der Waals surface area (Å²) in [5.74, 6) is -0.664. The number of Topliss-reactive ketones (excluding diaryl/α,β-unsaturated/α-hetero) is 1. The molecule has 0 aromatic heterocycles. The molecule has 2 saturated heterocycles. The molecule has 4 aliphatic heterocycles. The number of amides is 2. The number of para-hydroxylation sites is 1. The van der Waals surface area contributed by atoms with Gasteiger partial charge in [-0.2, -0.15) is 0 Å². The van der Waals surface area contributed by atoms with E-state index in [1.54, 1.807) is 12.1 Å². The van der Waals surface area contributed by atoms with Crippen molar-refractivity contribution in [3.63, 3.8) is 0 Å². The molecule has 216 valence electrons. The van der Waals surface area contributed by atoms with Crippen molar-refractivity contribution >= 4 is 29.0 Å². The van der Waals surface area contributed by atoms with Crippen molar-refractivity contribution in [2.24, 2.45) is 5.92 Å². The first kappa shape index (κ1) is 26.5. The number of nitrogens with one attached hydrogen (secondary N) is 2. The van der Waals surface area contributed by atoms with Gasteiger partial charge in [0.05, 0.1) is 27.2 Å². The van der Waals surface area contributed by atoms with E-state index in [9.17, 15) is 9.59 Å². The largest absolute Gasteiger partial charge is 0.493 e. The van der Waals surface area contributed by atoms with E-state index in [0.717, 1.165) is 24.0 Å². The molecule has 0 unspecified atom stereocenters. The summed E-state index contributed by atoms with van der Waals surface area (Å²) in [6.45, 7) is 2.65. The van der Waals surface area contributed by atoms with Crippen LogP contribution in [0.25, 0.3) is 0 Å². The molecule has 0 bridgehead atoms. The molecule has 7 rings (SSSR count). The summed E-state index contributed by atoms with van der Waals surface area (Å²) in [7, 11) is 4.51. The van der Waals surface area contributed by atoms with Crippen molar-refractivity contribution in [3.05, 3.63) is 76.9 Å². The zero-order chi connectivity index (χ0) is 29.4. The molecular weight excluding hydrogens is 534 g/mol. The summed E-state index contributed by atoms with van der Waals surface area (Å²) in [6, 6.07) is 16.4. The lowest BCUT2D eigenvalue weighted by Gasteiger charge is -2.43. The monoisotopic (exact) mass is 567 g/mol. The molecule has 4 atom stereocenters. The van der Waals surface area contributed by atoms with Crippen LogP contribution in [0, 0.1) is 5.92 Å². The van der Waals surface area contributed by atoms with Crippen LogP contribution in [0.2, 0.25) is 0 Å². The highest BCUT2D eigenvalue weighted by Gasteiger charge is 2.81. The fourth-order valence-corrected chi connectivity index (χ4v) is 8.25. The van der Waals surface area contributed by atoms with Crippen LogP contribution in [-0.4, -0.2) is 56.4 Å². The Hall–Kier alpha value is -4.37. The molecule has 0 saturated carbocycles. The van der Waals surface area contributed by atoms with Crippen LogP contribution in [-0.2, 0) is 27.0 Å². The fraction of sp³-hybridized carbons (Fsp3) is 0.364. The molecule has 3 aromatic carbocycles. The maximum absolute atomic E-state index is 15.0. The molecule has 3 aromatic rings. The van der Waals surface area contributed by atoms with E-state index in [-0.39, 0.29) is 23.6 Å². The van der Waals surface area contributed by atoms with Crippen molar-refractivity contribution < 1.29 is 28.6 Å². The minimum atomic E-state index is -1.52. The van der Waals surface area contributed by atoms with Gasteiger partial charge in [0.25, 0.3) is 5.91 Å². The lowest BCUT2D eigenvalue weighted by atomic mass is 9.57. The molecule has 9 heteroatoms. The maximum Gasteiger partial charge on any atom is 0.251 e. The second kappa shape index (κ2) is 9.32. The summed E-state index contributed by atoms with van der Waals surface area (Å²) in [6.07, 6.45) is 2.25. The van der Waals surface area contributed by atoms with E-state index >= 15 is 4.79 Å². The Morgan fingerprint density at radius 2 is 1.60 bits per heavy atom. The zero-order valence-corrected chi connectivity index (χ0v) is 24.1. The van der Waals surface area contributed by atoms with Crippen molar-refractivity contribution in [1.29, 1.82) is 0 Å².